The van der Waals surface area contributed by atoms with E-state index >= 15 is 0 Å². The van der Waals surface area contributed by atoms with Crippen LogP contribution in [0.1, 0.15) is 0 Å². The smallest absolute Gasteiger partial charge is 0.167 e. The summed E-state index contributed by atoms with van der Waals surface area (Å²) >= 11 is 0. The van der Waals surface area contributed by atoms with Crippen molar-refractivity contribution < 1.29 is 8.83 Å². The van der Waals surface area contributed by atoms with Crippen molar-refractivity contribution >= 4 is 97.9 Å². The molecule has 4 aromatic heterocycles. The second-order valence-corrected chi connectivity index (χ2v) is 18.0. The fraction of sp³-hybridized carbons (Fsp3) is 0. The predicted molar refractivity (Wildman–Crippen MR) is 287 cm³/mol. The van der Waals surface area contributed by atoms with E-state index < -0.39 is 0 Å². The van der Waals surface area contributed by atoms with Crippen LogP contribution >= 0.6 is 0 Å². The van der Waals surface area contributed by atoms with E-state index in [-0.39, 0.29) is 0 Å². The predicted octanol–water partition coefficient (Wildman–Crippen LogP) is 17.2. The van der Waals surface area contributed by atoms with Crippen molar-refractivity contribution in [3.05, 3.63) is 218 Å². The highest BCUT2D eigenvalue weighted by Crippen LogP contribution is 2.47. The molecule has 0 N–H and O–H groups in total. The molecular formula is C64H36N4O2. The minimum Gasteiger partial charge on any atom is -0.456 e. The van der Waals surface area contributed by atoms with Gasteiger partial charge >= 0.3 is 0 Å². The largest absolute Gasteiger partial charge is 0.456 e. The van der Waals surface area contributed by atoms with Crippen LogP contribution in [0.25, 0.3) is 154 Å². The van der Waals surface area contributed by atoms with Crippen molar-refractivity contribution in [2.75, 3.05) is 0 Å². The number of nitrogens with zero attached hydrogens (tertiary/aromatic N) is 4. The monoisotopic (exact) mass is 892 g/mol. The number of hydrogen-bond donors (Lipinski definition) is 0. The summed E-state index contributed by atoms with van der Waals surface area (Å²) < 4.78 is 13.3. The summed E-state index contributed by atoms with van der Waals surface area (Å²) in [7, 11) is 0. The van der Waals surface area contributed by atoms with Gasteiger partial charge in [-0.1, -0.05) is 182 Å². The van der Waals surface area contributed by atoms with Crippen LogP contribution in [0.5, 0.6) is 0 Å². The number of fused-ring (bicyclic) bond motifs is 15. The highest BCUT2D eigenvalue weighted by Gasteiger charge is 2.23. The lowest BCUT2D eigenvalue weighted by Gasteiger charge is -2.17. The molecular weight excluding hydrogens is 857 g/mol. The van der Waals surface area contributed by atoms with Gasteiger partial charge in [-0.15, -0.1) is 0 Å². The number of aromatic nitrogens is 4. The molecule has 11 aromatic carbocycles. The van der Waals surface area contributed by atoms with Crippen LogP contribution in [-0.4, -0.2) is 19.9 Å². The van der Waals surface area contributed by atoms with E-state index in [9.17, 15) is 0 Å². The fourth-order valence-electron chi connectivity index (χ4n) is 10.9. The second kappa shape index (κ2) is 15.0. The van der Waals surface area contributed by atoms with Crippen LogP contribution in [0, 0.1) is 0 Å². The third-order valence-electron chi connectivity index (χ3n) is 14.1. The van der Waals surface area contributed by atoms with E-state index in [1.54, 1.807) is 0 Å². The van der Waals surface area contributed by atoms with Crippen molar-refractivity contribution in [3.63, 3.8) is 0 Å². The highest BCUT2D eigenvalue weighted by atomic mass is 16.3. The van der Waals surface area contributed by atoms with E-state index in [2.05, 4.69) is 152 Å². The second-order valence-electron chi connectivity index (χ2n) is 18.0. The van der Waals surface area contributed by atoms with Crippen LogP contribution in [-0.2, 0) is 0 Å². The van der Waals surface area contributed by atoms with Gasteiger partial charge in [-0.2, -0.15) is 0 Å². The van der Waals surface area contributed by atoms with Crippen molar-refractivity contribution in [1.82, 2.24) is 19.9 Å². The minimum absolute atomic E-state index is 0.541. The summed E-state index contributed by atoms with van der Waals surface area (Å²) in [5.41, 5.74) is 10.7. The molecule has 0 saturated carbocycles. The van der Waals surface area contributed by atoms with Crippen LogP contribution < -0.4 is 0 Å². The van der Waals surface area contributed by atoms with Gasteiger partial charge in [-0.25, -0.2) is 19.9 Å². The van der Waals surface area contributed by atoms with Crippen LogP contribution in [0.15, 0.2) is 227 Å². The van der Waals surface area contributed by atoms with Gasteiger partial charge in [0.1, 0.15) is 22.3 Å². The molecule has 15 rings (SSSR count). The molecule has 4 heterocycles. The highest BCUT2D eigenvalue weighted by molar-refractivity contribution is 6.29. The third kappa shape index (κ3) is 5.80. The Bertz CT molecular complexity index is 4610. The maximum atomic E-state index is 6.79. The molecule has 0 radical (unpaired) electrons. The molecule has 15 aromatic rings. The van der Waals surface area contributed by atoms with Gasteiger partial charge in [-0.05, 0) is 74.3 Å². The van der Waals surface area contributed by atoms with E-state index in [1.807, 2.05) is 66.7 Å². The topological polar surface area (TPSA) is 77.8 Å². The first kappa shape index (κ1) is 38.6. The summed E-state index contributed by atoms with van der Waals surface area (Å²) in [4.78, 5) is 20.9. The molecule has 0 aliphatic carbocycles. The average Bonchev–Trinajstić information content (AvgIpc) is 4.01. The maximum absolute atomic E-state index is 6.79. The summed E-state index contributed by atoms with van der Waals surface area (Å²) in [5.74, 6) is 1.69. The van der Waals surface area contributed by atoms with E-state index in [4.69, 9.17) is 28.8 Å². The summed E-state index contributed by atoms with van der Waals surface area (Å²) in [6.45, 7) is 0. The van der Waals surface area contributed by atoms with E-state index in [1.165, 1.54) is 32.3 Å². The number of hydrogen-bond acceptors (Lipinski definition) is 6. The zero-order valence-corrected chi connectivity index (χ0v) is 37.4. The Labute approximate surface area is 399 Å². The normalized spacial score (nSPS) is 12.0. The summed E-state index contributed by atoms with van der Waals surface area (Å²) in [6.07, 6.45) is 0. The Morgan fingerprint density at radius 3 is 1.53 bits per heavy atom. The number of benzene rings is 11. The number of pyridine rings is 1. The lowest BCUT2D eigenvalue weighted by Crippen LogP contribution is -2.00. The molecule has 0 aliphatic heterocycles. The molecule has 0 amide bonds. The zero-order valence-electron chi connectivity index (χ0n) is 37.4. The molecule has 0 saturated heterocycles. The van der Waals surface area contributed by atoms with E-state index in [0.29, 0.717) is 17.5 Å². The van der Waals surface area contributed by atoms with Gasteiger partial charge in [0.05, 0.1) is 16.8 Å². The Hall–Kier alpha value is -9.52. The maximum Gasteiger partial charge on any atom is 0.167 e. The Balaban J connectivity index is 0.963. The molecule has 0 fully saturated rings. The summed E-state index contributed by atoms with van der Waals surface area (Å²) in [5, 5.41) is 14.7. The molecule has 0 unspecified atom stereocenters. The molecule has 6 nitrogen and oxygen atoms in total. The third-order valence-corrected chi connectivity index (χ3v) is 14.1. The Kier molecular flexibility index (Phi) is 8.26. The molecule has 324 valence electrons. The van der Waals surface area contributed by atoms with Crippen molar-refractivity contribution in [3.8, 4) is 56.5 Å². The Morgan fingerprint density at radius 2 is 0.800 bits per heavy atom. The number of para-hydroxylation sites is 4. The zero-order chi connectivity index (χ0) is 45.9. The van der Waals surface area contributed by atoms with Gasteiger partial charge < -0.3 is 8.83 Å². The summed E-state index contributed by atoms with van der Waals surface area (Å²) in [6, 6.07) is 76.3. The average molecular weight is 893 g/mol. The fourth-order valence-corrected chi connectivity index (χ4v) is 10.9. The lowest BCUT2D eigenvalue weighted by molar-refractivity contribution is 0.669. The van der Waals surface area contributed by atoms with Gasteiger partial charge in [-0.3, -0.25) is 0 Å². The molecule has 70 heavy (non-hydrogen) atoms. The molecule has 0 atom stereocenters. The first-order valence-corrected chi connectivity index (χ1v) is 23.5. The van der Waals surface area contributed by atoms with Gasteiger partial charge in [0.25, 0.3) is 0 Å². The van der Waals surface area contributed by atoms with Crippen LogP contribution in [0.4, 0.5) is 0 Å². The van der Waals surface area contributed by atoms with Gasteiger partial charge in [0.15, 0.2) is 17.5 Å². The molecule has 0 aliphatic rings. The first-order chi connectivity index (χ1) is 34.7. The van der Waals surface area contributed by atoms with Crippen molar-refractivity contribution in [1.29, 1.82) is 0 Å². The van der Waals surface area contributed by atoms with Crippen LogP contribution in [0.2, 0.25) is 0 Å². The van der Waals surface area contributed by atoms with Crippen LogP contribution in [0.3, 0.4) is 0 Å². The van der Waals surface area contributed by atoms with E-state index in [0.717, 1.165) is 105 Å². The van der Waals surface area contributed by atoms with Crippen molar-refractivity contribution in [2.45, 2.75) is 0 Å². The molecule has 0 spiro atoms. The molecule has 0 bridgehead atoms. The van der Waals surface area contributed by atoms with Gasteiger partial charge in [0, 0.05) is 60.0 Å². The SMILES string of the molecule is c1ccc(-c2nc(-c3ccc(-c4c5c(cc6c(-c7ccc8c9ccccc9c9ccccc9c8c7)nc7ccccc7c46)oc4ccccc45)cc3)nc(-c3cccc4c3oc3ccccc34)n2)cc1. The molecule has 6 heteroatoms. The quantitative estimate of drug-likeness (QED) is 0.160. The van der Waals surface area contributed by atoms with Crippen molar-refractivity contribution in [2.24, 2.45) is 0 Å². The lowest BCUT2D eigenvalue weighted by atomic mass is 9.88. The number of furan rings is 2. The first-order valence-electron chi connectivity index (χ1n) is 23.5. The van der Waals surface area contributed by atoms with Gasteiger partial charge in [0.2, 0.25) is 0 Å². The standard InChI is InChI=1S/C64H36N4O2/c1-2-15-38(16-3-1)62-66-63(68-64(67-62)50-25-14-24-47-46-21-9-12-27-54(46)70-61(47)50)39-31-29-37(30-32-39)57-58-48-22-8-11-26-53(48)65-60(52(58)36-56-59(57)49-23-10-13-28-55(49)69-56)40-33-34-45-43-19-5-4-17-41(43)42-18-6-7-20-44(42)51(45)35-40/h1-36H. The minimum atomic E-state index is 0.541. The number of rotatable bonds is 5. The Morgan fingerprint density at radius 1 is 0.271 bits per heavy atom.